The zero-order chi connectivity index (χ0) is 17.7. The van der Waals surface area contributed by atoms with Gasteiger partial charge in [-0.3, -0.25) is 0 Å². The van der Waals surface area contributed by atoms with Gasteiger partial charge in [0.2, 0.25) is 0 Å². The Hall–Kier alpha value is -2.05. The van der Waals surface area contributed by atoms with Crippen LogP contribution in [0.1, 0.15) is 33.6 Å². The number of carbonyl (C=O) groups excluding carboxylic acids is 1. The van der Waals surface area contributed by atoms with Crippen LogP contribution in [0.3, 0.4) is 0 Å². The van der Waals surface area contributed by atoms with Gasteiger partial charge in [-0.15, -0.1) is 0 Å². The molecule has 0 aromatic heterocycles. The fraction of sp³-hybridized carbons (Fsp3) is 0.588. The van der Waals surface area contributed by atoms with Gasteiger partial charge in [-0.1, -0.05) is 0 Å². The second kappa shape index (κ2) is 7.68. The largest absolute Gasteiger partial charge is 0.444 e. The van der Waals surface area contributed by atoms with Crippen LogP contribution >= 0.6 is 0 Å². The molecule has 0 atom stereocenters. The Morgan fingerprint density at radius 2 is 1.79 bits per heavy atom. The lowest BCUT2D eigenvalue weighted by Gasteiger charge is -2.34. The van der Waals surface area contributed by atoms with Crippen LogP contribution in [-0.2, 0) is 4.74 Å². The molecule has 7 heteroatoms. The zero-order valence-electron chi connectivity index (χ0n) is 14.2. The van der Waals surface area contributed by atoms with E-state index >= 15 is 0 Å². The van der Waals surface area contributed by atoms with Crippen molar-refractivity contribution in [2.75, 3.05) is 18.4 Å². The van der Waals surface area contributed by atoms with Gasteiger partial charge in [0.1, 0.15) is 11.4 Å². The molecule has 0 bridgehead atoms. The van der Waals surface area contributed by atoms with E-state index in [0.717, 1.165) is 18.5 Å². The molecular weight excluding hydrogens is 318 g/mol. The number of nitrogens with zero attached hydrogens (tertiary/aromatic N) is 1. The van der Waals surface area contributed by atoms with Crippen LogP contribution in [0.4, 0.5) is 19.3 Å². The number of likely N-dealkylation sites (tertiary alicyclic amines) is 1. The topological polar surface area (TPSA) is 50.8 Å². The SMILES string of the molecule is CC(C)(C)OC(=O)N1CCC(Nc2ccc(OC(F)F)cc2)CC1. The number of anilines is 1. The molecule has 1 heterocycles. The predicted molar refractivity (Wildman–Crippen MR) is 87.5 cm³/mol. The highest BCUT2D eigenvalue weighted by Crippen LogP contribution is 2.21. The Labute approximate surface area is 140 Å². The van der Waals surface area contributed by atoms with Crippen molar-refractivity contribution in [3.05, 3.63) is 24.3 Å². The molecule has 1 saturated heterocycles. The molecule has 1 N–H and O–H groups in total. The molecule has 1 amide bonds. The number of amides is 1. The number of nitrogens with one attached hydrogen (secondary N) is 1. The molecule has 1 aliphatic heterocycles. The summed E-state index contributed by atoms with van der Waals surface area (Å²) in [5.41, 5.74) is 0.348. The molecule has 2 rings (SSSR count). The average molecular weight is 342 g/mol. The fourth-order valence-corrected chi connectivity index (χ4v) is 2.50. The van der Waals surface area contributed by atoms with Gasteiger partial charge in [0.05, 0.1) is 0 Å². The maximum atomic E-state index is 12.1. The number of rotatable bonds is 4. The highest BCUT2D eigenvalue weighted by molar-refractivity contribution is 5.68. The first-order chi connectivity index (χ1) is 11.2. The Bertz CT molecular complexity index is 536. The Morgan fingerprint density at radius 3 is 2.29 bits per heavy atom. The highest BCUT2D eigenvalue weighted by atomic mass is 19.3. The van der Waals surface area contributed by atoms with E-state index in [1.807, 2.05) is 20.8 Å². The lowest BCUT2D eigenvalue weighted by molar-refractivity contribution is -0.0498. The maximum absolute atomic E-state index is 12.1. The molecule has 1 aliphatic rings. The molecule has 1 aromatic rings. The summed E-state index contributed by atoms with van der Waals surface area (Å²) < 4.78 is 33.9. The van der Waals surface area contributed by atoms with Gasteiger partial charge >= 0.3 is 12.7 Å². The summed E-state index contributed by atoms with van der Waals surface area (Å²) in [5, 5.41) is 3.35. The van der Waals surface area contributed by atoms with Crippen LogP contribution in [0.2, 0.25) is 0 Å². The number of hydrogen-bond acceptors (Lipinski definition) is 4. The fourth-order valence-electron chi connectivity index (χ4n) is 2.50. The van der Waals surface area contributed by atoms with Crippen molar-refractivity contribution in [1.29, 1.82) is 0 Å². The first-order valence-electron chi connectivity index (χ1n) is 8.02. The summed E-state index contributed by atoms with van der Waals surface area (Å²) in [7, 11) is 0. The van der Waals surface area contributed by atoms with Crippen molar-refractivity contribution >= 4 is 11.8 Å². The number of ether oxygens (including phenoxy) is 2. The van der Waals surface area contributed by atoms with E-state index in [0.29, 0.717) is 13.1 Å². The molecule has 5 nitrogen and oxygen atoms in total. The summed E-state index contributed by atoms with van der Waals surface area (Å²) in [6, 6.07) is 6.65. The van der Waals surface area contributed by atoms with Crippen molar-refractivity contribution in [3.8, 4) is 5.75 Å². The molecule has 0 aliphatic carbocycles. The van der Waals surface area contributed by atoms with Gasteiger partial charge in [-0.2, -0.15) is 8.78 Å². The van der Waals surface area contributed by atoms with Gasteiger partial charge in [0.15, 0.2) is 0 Å². The average Bonchev–Trinajstić information content (AvgIpc) is 2.48. The van der Waals surface area contributed by atoms with Gasteiger partial charge in [-0.05, 0) is 57.9 Å². The van der Waals surface area contributed by atoms with Crippen LogP contribution < -0.4 is 10.1 Å². The lowest BCUT2D eigenvalue weighted by Crippen LogP contribution is -2.44. The molecule has 1 fully saturated rings. The maximum Gasteiger partial charge on any atom is 0.410 e. The van der Waals surface area contributed by atoms with Crippen molar-refractivity contribution in [3.63, 3.8) is 0 Å². The standard InChI is InChI=1S/C17H24F2N2O3/c1-17(2,3)24-16(22)21-10-8-13(9-11-21)20-12-4-6-14(7-5-12)23-15(18)19/h4-7,13,15,20H,8-11H2,1-3H3. The third-order valence-corrected chi connectivity index (χ3v) is 3.60. The van der Waals surface area contributed by atoms with Crippen LogP contribution in [0.25, 0.3) is 0 Å². The molecule has 0 saturated carbocycles. The highest BCUT2D eigenvalue weighted by Gasteiger charge is 2.26. The molecule has 0 unspecified atom stereocenters. The number of alkyl halides is 2. The molecule has 134 valence electrons. The number of carbonyl (C=O) groups is 1. The van der Waals surface area contributed by atoms with Crippen LogP contribution in [0.15, 0.2) is 24.3 Å². The monoisotopic (exact) mass is 342 g/mol. The number of halogens is 2. The Kier molecular flexibility index (Phi) is 5.85. The second-order valence-electron chi connectivity index (χ2n) is 6.79. The van der Waals surface area contributed by atoms with Gasteiger partial charge in [0.25, 0.3) is 0 Å². The van der Waals surface area contributed by atoms with Crippen molar-refractivity contribution in [1.82, 2.24) is 4.90 Å². The van der Waals surface area contributed by atoms with E-state index in [-0.39, 0.29) is 17.9 Å². The van der Waals surface area contributed by atoms with Crippen LogP contribution in [0, 0.1) is 0 Å². The smallest absolute Gasteiger partial charge is 0.410 e. The molecule has 0 spiro atoms. The summed E-state index contributed by atoms with van der Waals surface area (Å²) in [6.45, 7) is 3.97. The first kappa shape index (κ1) is 18.3. The summed E-state index contributed by atoms with van der Waals surface area (Å²) in [4.78, 5) is 13.7. The molecule has 0 radical (unpaired) electrons. The van der Waals surface area contributed by atoms with Crippen molar-refractivity contribution < 1.29 is 23.0 Å². The molecule has 1 aromatic carbocycles. The second-order valence-corrected chi connectivity index (χ2v) is 6.79. The minimum atomic E-state index is -2.82. The summed E-state index contributed by atoms with van der Waals surface area (Å²) >= 11 is 0. The quantitative estimate of drug-likeness (QED) is 0.895. The number of benzene rings is 1. The third kappa shape index (κ3) is 5.86. The van der Waals surface area contributed by atoms with Crippen LogP contribution in [0.5, 0.6) is 5.75 Å². The predicted octanol–water partition coefficient (Wildman–Crippen LogP) is 4.10. The summed E-state index contributed by atoms with van der Waals surface area (Å²) in [5.74, 6) is 0.135. The Balaban J connectivity index is 1.79. The van der Waals surface area contributed by atoms with Gasteiger partial charge in [0, 0.05) is 24.8 Å². The third-order valence-electron chi connectivity index (χ3n) is 3.60. The van der Waals surface area contributed by atoms with E-state index in [1.54, 1.807) is 17.0 Å². The number of piperidine rings is 1. The number of hydrogen-bond donors (Lipinski definition) is 1. The first-order valence-corrected chi connectivity index (χ1v) is 8.02. The summed E-state index contributed by atoms with van der Waals surface area (Å²) in [6.07, 6.45) is 1.32. The molecule has 24 heavy (non-hydrogen) atoms. The van der Waals surface area contributed by atoms with Crippen molar-refractivity contribution in [2.45, 2.75) is 51.9 Å². The minimum absolute atomic E-state index is 0.135. The lowest BCUT2D eigenvalue weighted by atomic mass is 10.0. The Morgan fingerprint density at radius 1 is 1.21 bits per heavy atom. The van der Waals surface area contributed by atoms with E-state index in [9.17, 15) is 13.6 Å². The van der Waals surface area contributed by atoms with Gasteiger partial charge in [-0.25, -0.2) is 4.79 Å². The van der Waals surface area contributed by atoms with Gasteiger partial charge < -0.3 is 19.7 Å². The normalized spacial score (nSPS) is 16.2. The van der Waals surface area contributed by atoms with E-state index in [1.165, 1.54) is 12.1 Å². The van der Waals surface area contributed by atoms with E-state index in [2.05, 4.69) is 10.1 Å². The minimum Gasteiger partial charge on any atom is -0.444 e. The molecular formula is C17H24F2N2O3. The zero-order valence-corrected chi connectivity index (χ0v) is 14.2. The van der Waals surface area contributed by atoms with Crippen LogP contribution in [-0.4, -0.2) is 42.3 Å². The van der Waals surface area contributed by atoms with E-state index < -0.39 is 12.2 Å². The van der Waals surface area contributed by atoms with Crippen molar-refractivity contribution in [2.24, 2.45) is 0 Å². The van der Waals surface area contributed by atoms with E-state index in [4.69, 9.17) is 4.74 Å².